The lowest BCUT2D eigenvalue weighted by molar-refractivity contribution is -0.138. The van der Waals surface area contributed by atoms with Crippen molar-refractivity contribution in [1.82, 2.24) is 71.1 Å². The Balaban J connectivity index is 0.000000152. The summed E-state index contributed by atoms with van der Waals surface area (Å²) < 4.78 is 82.1. The van der Waals surface area contributed by atoms with Crippen LogP contribution in [-0.2, 0) is 18.8 Å². The van der Waals surface area contributed by atoms with E-state index in [1.807, 2.05) is 52.3 Å². The summed E-state index contributed by atoms with van der Waals surface area (Å²) in [4.78, 5) is 32.4. The average Bonchev–Trinajstić information content (AvgIpc) is 2.89. The van der Waals surface area contributed by atoms with Gasteiger partial charge < -0.3 is 31.1 Å². The number of nitrogens with zero attached hydrogens (tertiary/aromatic N) is 12. The van der Waals surface area contributed by atoms with Crippen molar-refractivity contribution < 1.29 is 29.2 Å². The molecule has 0 amide bonds. The third kappa shape index (κ3) is 12.8. The highest BCUT2D eigenvalue weighted by atomic mass is 35.5. The monoisotopic (exact) mass is 1160 g/mol. The number of nitrogens with one attached hydrogen (secondary N) is 5. The van der Waals surface area contributed by atoms with Crippen molar-refractivity contribution in [3.8, 4) is 34.2 Å². The van der Waals surface area contributed by atoms with Crippen LogP contribution in [0.1, 0.15) is 52.2 Å². The molecular formula is C58H63ClF6N18. The van der Waals surface area contributed by atoms with Crippen LogP contribution in [0.3, 0.4) is 0 Å². The molecule has 2 unspecified atom stereocenters. The van der Waals surface area contributed by atoms with Crippen molar-refractivity contribution in [2.75, 3.05) is 67.1 Å². The standard InChI is InChI=1S/C23H21F3N6.C18H21ClN6.C17H17F3N6.2H2/c24-23(25,26)18-8-9-19(29-21(18)20-17-7-4-10-28-22(17)31-30-20)32-12-11-27-16(14-32)13-15-5-2-1-3-6-15;1-2-4-12-11-25(10-9-20-12)15-7-6-14(19)17(22-15)16-13-5-3-8-21-18(13)24-23-16;18-17(19,20)12-5-6-13(26-8-2-3-10(21)9-26)23-15(12)14-11-4-1-7-22-16(11)25-24-14;;/h1-10,16,27H,11-14H2,(H,28,30,31);3,5-8,12,20H,2,4,9-11H2,1H3,(H,21,23,24);1,4-7,10H,2-3,8-9,21H2,(H,22,24,25);2*1H/t16-;;;;/m0..../s1. The summed E-state index contributed by atoms with van der Waals surface area (Å²) in [5, 5.41) is 30.3. The third-order valence-electron chi connectivity index (χ3n) is 14.8. The smallest absolute Gasteiger partial charge is 0.355 e. The van der Waals surface area contributed by atoms with Gasteiger partial charge in [-0.1, -0.05) is 55.3 Å². The van der Waals surface area contributed by atoms with Crippen molar-refractivity contribution in [2.24, 2.45) is 5.73 Å². The highest BCUT2D eigenvalue weighted by Gasteiger charge is 2.38. The minimum Gasteiger partial charge on any atom is -0.355 e. The van der Waals surface area contributed by atoms with Crippen LogP contribution in [-0.4, -0.2) is 131 Å². The normalized spacial score (nSPS) is 17.8. The van der Waals surface area contributed by atoms with Gasteiger partial charge >= 0.3 is 12.4 Å². The highest BCUT2D eigenvalue weighted by Crippen LogP contribution is 2.41. The molecule has 0 bridgehead atoms. The van der Waals surface area contributed by atoms with Gasteiger partial charge in [0.2, 0.25) is 0 Å². The number of piperidine rings is 1. The van der Waals surface area contributed by atoms with Crippen LogP contribution < -0.4 is 31.1 Å². The van der Waals surface area contributed by atoms with Crippen LogP contribution in [0.4, 0.5) is 43.8 Å². The number of anilines is 3. The second kappa shape index (κ2) is 24.6. The molecule has 18 nitrogen and oxygen atoms in total. The van der Waals surface area contributed by atoms with E-state index in [0.29, 0.717) is 70.0 Å². The van der Waals surface area contributed by atoms with E-state index in [2.05, 4.69) is 90.1 Å². The molecule has 434 valence electrons. The van der Waals surface area contributed by atoms with Crippen LogP contribution in [0, 0.1) is 0 Å². The van der Waals surface area contributed by atoms with Crippen molar-refractivity contribution in [1.29, 1.82) is 0 Å². The SMILES string of the molecule is CCCC1CN(c2ccc(Cl)c(-c3[nH]nc4ncccc34)n2)CCN1.FC(F)(F)c1ccc(N2CCN[C@@H](Cc3ccccc3)C2)nc1-c1[nH]nc2ncccc12.NC1CCCN(c2ccc(C(F)(F)F)c(-c3[nH]nc4ncccc34)n2)C1.[HH].[HH]. The molecule has 0 radical (unpaired) electrons. The molecule has 0 saturated carbocycles. The maximum atomic E-state index is 13.8. The number of rotatable bonds is 10. The molecule has 25 heteroatoms. The molecule has 9 aromatic heterocycles. The number of fused-ring (bicyclic) bond motifs is 3. The summed E-state index contributed by atoms with van der Waals surface area (Å²) in [5.74, 6) is 1.95. The minimum atomic E-state index is -4.54. The Morgan fingerprint density at radius 1 is 0.554 bits per heavy atom. The van der Waals surface area contributed by atoms with Crippen molar-refractivity contribution in [3.05, 3.63) is 143 Å². The zero-order valence-electron chi connectivity index (χ0n) is 45.1. The molecule has 1 aromatic carbocycles. The maximum Gasteiger partial charge on any atom is 0.418 e. The Bertz CT molecular complexity index is 3820. The quantitative estimate of drug-likeness (QED) is 0.0701. The first-order valence-electron chi connectivity index (χ1n) is 27.4. The molecule has 12 heterocycles. The second-order valence-corrected chi connectivity index (χ2v) is 21.0. The Morgan fingerprint density at radius 3 is 1.51 bits per heavy atom. The largest absolute Gasteiger partial charge is 0.418 e. The van der Waals surface area contributed by atoms with Crippen LogP contribution >= 0.6 is 11.6 Å². The first-order valence-corrected chi connectivity index (χ1v) is 27.8. The van der Waals surface area contributed by atoms with Gasteiger partial charge in [0.15, 0.2) is 16.9 Å². The predicted octanol–water partition coefficient (Wildman–Crippen LogP) is 10.8. The molecule has 0 aliphatic carbocycles. The summed E-state index contributed by atoms with van der Waals surface area (Å²) in [6.45, 7) is 8.43. The van der Waals surface area contributed by atoms with Gasteiger partial charge in [-0.3, -0.25) is 15.3 Å². The number of benzene rings is 1. The van der Waals surface area contributed by atoms with Gasteiger partial charge in [-0.25, -0.2) is 29.9 Å². The Kier molecular flexibility index (Phi) is 16.8. The lowest BCUT2D eigenvalue weighted by Crippen LogP contribution is -2.52. The van der Waals surface area contributed by atoms with E-state index in [1.165, 1.54) is 36.7 Å². The van der Waals surface area contributed by atoms with Crippen LogP contribution in [0.2, 0.25) is 5.02 Å². The van der Waals surface area contributed by atoms with Gasteiger partial charge in [-0.2, -0.15) is 41.6 Å². The van der Waals surface area contributed by atoms with Crippen LogP contribution in [0.5, 0.6) is 0 Å². The molecule has 10 aromatic rings. The molecule has 0 spiro atoms. The van der Waals surface area contributed by atoms with E-state index in [-0.39, 0.29) is 37.7 Å². The van der Waals surface area contributed by atoms with Crippen molar-refractivity contribution in [3.63, 3.8) is 0 Å². The van der Waals surface area contributed by atoms with Gasteiger partial charge in [0.1, 0.15) is 34.5 Å². The number of piperazine rings is 2. The van der Waals surface area contributed by atoms with E-state index in [9.17, 15) is 26.3 Å². The van der Waals surface area contributed by atoms with E-state index >= 15 is 0 Å². The number of H-pyrrole nitrogens is 3. The Labute approximate surface area is 480 Å². The van der Waals surface area contributed by atoms with Gasteiger partial charge in [0.25, 0.3) is 0 Å². The fraction of sp³-hybridized carbons (Fsp3) is 0.328. The first-order chi connectivity index (χ1) is 40.2. The van der Waals surface area contributed by atoms with Gasteiger partial charge in [0, 0.05) is 108 Å². The summed E-state index contributed by atoms with van der Waals surface area (Å²) in [7, 11) is 0. The summed E-state index contributed by atoms with van der Waals surface area (Å²) in [5.41, 5.74) is 8.61. The molecule has 7 N–H and O–H groups in total. The Hall–Kier alpha value is -8.32. The fourth-order valence-electron chi connectivity index (χ4n) is 10.8. The van der Waals surface area contributed by atoms with E-state index < -0.39 is 23.5 Å². The van der Waals surface area contributed by atoms with E-state index in [0.717, 1.165) is 86.7 Å². The number of alkyl halides is 6. The predicted molar refractivity (Wildman–Crippen MR) is 313 cm³/mol. The van der Waals surface area contributed by atoms with Gasteiger partial charge in [-0.05, 0) is 104 Å². The molecule has 3 saturated heterocycles. The Morgan fingerprint density at radius 2 is 1.01 bits per heavy atom. The molecule has 3 fully saturated rings. The third-order valence-corrected chi connectivity index (χ3v) is 15.1. The van der Waals surface area contributed by atoms with Gasteiger partial charge in [-0.15, -0.1) is 0 Å². The number of hydrogen-bond acceptors (Lipinski definition) is 15. The molecule has 13 rings (SSSR count). The molecular weight excluding hydrogens is 1100 g/mol. The zero-order valence-corrected chi connectivity index (χ0v) is 45.8. The number of nitrogens with two attached hydrogens (primary N) is 1. The van der Waals surface area contributed by atoms with E-state index in [1.54, 1.807) is 36.7 Å². The number of pyridine rings is 6. The lowest BCUT2D eigenvalue weighted by Gasteiger charge is -2.35. The second-order valence-electron chi connectivity index (χ2n) is 20.6. The fourth-order valence-corrected chi connectivity index (χ4v) is 11.0. The lowest BCUT2D eigenvalue weighted by atomic mass is 10.0. The minimum absolute atomic E-state index is 0. The number of halogens is 7. The van der Waals surface area contributed by atoms with E-state index in [4.69, 9.17) is 22.3 Å². The zero-order chi connectivity index (χ0) is 57.7. The first kappa shape index (κ1) is 56.5. The number of aromatic amines is 3. The highest BCUT2D eigenvalue weighted by molar-refractivity contribution is 6.33. The van der Waals surface area contributed by atoms with Gasteiger partial charge in [0.05, 0.1) is 33.2 Å². The topological polar surface area (TPSA) is 223 Å². The molecule has 83 heavy (non-hydrogen) atoms. The van der Waals surface area contributed by atoms with Crippen LogP contribution in [0.15, 0.2) is 122 Å². The molecule has 3 atom stereocenters. The van der Waals surface area contributed by atoms with Crippen LogP contribution in [0.25, 0.3) is 67.3 Å². The number of aromatic nitrogens is 12. The average molecular weight is 1160 g/mol. The van der Waals surface area contributed by atoms with Crippen molar-refractivity contribution in [2.45, 2.75) is 69.5 Å². The maximum absolute atomic E-state index is 13.8. The molecule has 3 aliphatic rings. The van der Waals surface area contributed by atoms with Crippen molar-refractivity contribution >= 4 is 62.2 Å². The summed E-state index contributed by atoms with van der Waals surface area (Å²) in [6, 6.07) is 30.3. The summed E-state index contributed by atoms with van der Waals surface area (Å²) >= 11 is 6.44. The number of hydrogen-bond donors (Lipinski definition) is 6. The molecule has 3 aliphatic heterocycles. The summed E-state index contributed by atoms with van der Waals surface area (Å²) in [6.07, 6.45) is 0.724.